The van der Waals surface area contributed by atoms with E-state index in [1.54, 1.807) is 29.4 Å². The molecule has 0 aliphatic heterocycles. The fourth-order valence-electron chi connectivity index (χ4n) is 1.24. The van der Waals surface area contributed by atoms with Crippen molar-refractivity contribution >= 4 is 0 Å². The number of rotatable bonds is 1. The first-order chi connectivity index (χ1) is 6.27. The van der Waals surface area contributed by atoms with Gasteiger partial charge < -0.3 is 9.67 Å². The highest BCUT2D eigenvalue weighted by Gasteiger charge is 2.01. The number of phenols is 1. The lowest BCUT2D eigenvalue weighted by Gasteiger charge is -2.05. The fraction of sp³-hybridized carbons (Fsp3) is 0.100. The summed E-state index contributed by atoms with van der Waals surface area (Å²) in [6, 6.07) is 5.47. The van der Waals surface area contributed by atoms with Gasteiger partial charge in [-0.1, -0.05) is 6.07 Å². The number of nitrogens with zero attached hydrogens (tertiary/aromatic N) is 2. The van der Waals surface area contributed by atoms with Crippen molar-refractivity contribution in [2.45, 2.75) is 6.92 Å². The molecule has 0 bridgehead atoms. The lowest BCUT2D eigenvalue weighted by Crippen LogP contribution is -1.90. The van der Waals surface area contributed by atoms with Crippen LogP contribution in [0.3, 0.4) is 0 Å². The number of hydrogen-bond donors (Lipinski definition) is 1. The van der Waals surface area contributed by atoms with Gasteiger partial charge in [0.25, 0.3) is 0 Å². The average Bonchev–Trinajstić information content (AvgIpc) is 2.61. The number of imidazole rings is 1. The number of benzene rings is 1. The Bertz CT molecular complexity index is 407. The lowest BCUT2D eigenvalue weighted by molar-refractivity contribution is 0.472. The molecule has 0 amide bonds. The van der Waals surface area contributed by atoms with Crippen LogP contribution in [0.2, 0.25) is 0 Å². The molecule has 0 spiro atoms. The Balaban J connectivity index is 2.57. The molecule has 1 aromatic heterocycles. The Morgan fingerprint density at radius 2 is 2.23 bits per heavy atom. The molecule has 0 radical (unpaired) electrons. The van der Waals surface area contributed by atoms with Gasteiger partial charge in [-0.25, -0.2) is 4.98 Å². The topological polar surface area (TPSA) is 38.0 Å². The molecule has 1 heterocycles. The Hall–Kier alpha value is -1.77. The fourth-order valence-corrected chi connectivity index (χ4v) is 1.24. The predicted octanol–water partition coefficient (Wildman–Crippen LogP) is 1.89. The zero-order chi connectivity index (χ0) is 9.26. The molecule has 3 nitrogen and oxygen atoms in total. The predicted molar refractivity (Wildman–Crippen MR) is 50.0 cm³/mol. The zero-order valence-electron chi connectivity index (χ0n) is 7.31. The van der Waals surface area contributed by atoms with E-state index in [-0.39, 0.29) is 5.75 Å². The van der Waals surface area contributed by atoms with Gasteiger partial charge in [0.2, 0.25) is 0 Å². The molecule has 1 aromatic carbocycles. The van der Waals surface area contributed by atoms with Gasteiger partial charge in [-0.3, -0.25) is 0 Å². The third-order valence-corrected chi connectivity index (χ3v) is 1.91. The van der Waals surface area contributed by atoms with Crippen LogP contribution >= 0.6 is 0 Å². The minimum atomic E-state index is 0.267. The van der Waals surface area contributed by atoms with Crippen molar-refractivity contribution in [2.75, 3.05) is 0 Å². The third kappa shape index (κ3) is 1.40. The summed E-state index contributed by atoms with van der Waals surface area (Å²) in [4.78, 5) is 3.92. The van der Waals surface area contributed by atoms with E-state index < -0.39 is 0 Å². The van der Waals surface area contributed by atoms with E-state index in [1.807, 2.05) is 19.1 Å². The molecule has 0 aliphatic rings. The second-order valence-corrected chi connectivity index (χ2v) is 2.96. The minimum absolute atomic E-state index is 0.267. The SMILES string of the molecule is Cc1ccc(O)c(-n2ccnc2)c1. The largest absolute Gasteiger partial charge is 0.506 e. The second-order valence-electron chi connectivity index (χ2n) is 2.96. The van der Waals surface area contributed by atoms with Gasteiger partial charge in [0.15, 0.2) is 0 Å². The molecule has 13 heavy (non-hydrogen) atoms. The molecule has 0 fully saturated rings. The van der Waals surface area contributed by atoms with E-state index in [0.717, 1.165) is 11.3 Å². The number of phenolic OH excluding ortho intramolecular Hbond substituents is 1. The highest BCUT2D eigenvalue weighted by molar-refractivity contribution is 5.47. The molecule has 0 saturated carbocycles. The first-order valence-electron chi connectivity index (χ1n) is 4.05. The van der Waals surface area contributed by atoms with Crippen LogP contribution in [0.1, 0.15) is 5.56 Å². The van der Waals surface area contributed by atoms with E-state index in [0.29, 0.717) is 0 Å². The van der Waals surface area contributed by atoms with Crippen molar-refractivity contribution in [3.63, 3.8) is 0 Å². The van der Waals surface area contributed by atoms with Crippen LogP contribution in [0.5, 0.6) is 5.75 Å². The van der Waals surface area contributed by atoms with E-state index in [1.165, 1.54) is 0 Å². The van der Waals surface area contributed by atoms with Crippen molar-refractivity contribution in [3.05, 3.63) is 42.5 Å². The van der Waals surface area contributed by atoms with Crippen LogP contribution in [0.15, 0.2) is 36.9 Å². The Morgan fingerprint density at radius 1 is 1.38 bits per heavy atom. The summed E-state index contributed by atoms with van der Waals surface area (Å²) < 4.78 is 1.78. The van der Waals surface area contributed by atoms with Crippen molar-refractivity contribution in [3.8, 4) is 11.4 Å². The standard InChI is InChI=1S/C10H10N2O/c1-8-2-3-10(13)9(6-8)12-5-4-11-7-12/h2-7,13H,1H3. The lowest BCUT2D eigenvalue weighted by atomic mass is 10.2. The number of aromatic hydroxyl groups is 1. The normalized spacial score (nSPS) is 10.2. The molecular formula is C10H10N2O. The zero-order valence-corrected chi connectivity index (χ0v) is 7.31. The van der Waals surface area contributed by atoms with E-state index in [2.05, 4.69) is 4.98 Å². The number of aromatic nitrogens is 2. The quantitative estimate of drug-likeness (QED) is 0.716. The van der Waals surface area contributed by atoms with Gasteiger partial charge in [-0.15, -0.1) is 0 Å². The first-order valence-corrected chi connectivity index (χ1v) is 4.05. The molecular weight excluding hydrogens is 164 g/mol. The van der Waals surface area contributed by atoms with Crippen LogP contribution in [-0.2, 0) is 0 Å². The van der Waals surface area contributed by atoms with Gasteiger partial charge in [-0.05, 0) is 24.6 Å². The molecule has 0 aliphatic carbocycles. The van der Waals surface area contributed by atoms with Crippen LogP contribution in [0, 0.1) is 6.92 Å². The minimum Gasteiger partial charge on any atom is -0.506 e. The van der Waals surface area contributed by atoms with Crippen molar-refractivity contribution in [1.29, 1.82) is 0 Å². The molecule has 0 unspecified atom stereocenters. The Labute approximate surface area is 76.3 Å². The van der Waals surface area contributed by atoms with Gasteiger partial charge >= 0.3 is 0 Å². The highest BCUT2D eigenvalue weighted by Crippen LogP contribution is 2.21. The monoisotopic (exact) mass is 174 g/mol. The van der Waals surface area contributed by atoms with Gasteiger partial charge in [0.1, 0.15) is 5.75 Å². The molecule has 0 saturated heterocycles. The van der Waals surface area contributed by atoms with Crippen molar-refractivity contribution in [1.82, 2.24) is 9.55 Å². The summed E-state index contributed by atoms with van der Waals surface area (Å²) in [5.74, 6) is 0.267. The maximum atomic E-state index is 9.56. The van der Waals surface area contributed by atoms with Crippen LogP contribution in [0.4, 0.5) is 0 Å². The van der Waals surface area contributed by atoms with Gasteiger partial charge in [0.05, 0.1) is 12.0 Å². The molecule has 2 aromatic rings. The molecule has 66 valence electrons. The molecule has 0 atom stereocenters. The highest BCUT2D eigenvalue weighted by atomic mass is 16.3. The summed E-state index contributed by atoms with van der Waals surface area (Å²) in [7, 11) is 0. The third-order valence-electron chi connectivity index (χ3n) is 1.91. The maximum absolute atomic E-state index is 9.56. The summed E-state index contributed by atoms with van der Waals surface area (Å²) >= 11 is 0. The van der Waals surface area contributed by atoms with Gasteiger partial charge in [-0.2, -0.15) is 0 Å². The summed E-state index contributed by atoms with van der Waals surface area (Å²) in [5, 5.41) is 9.56. The van der Waals surface area contributed by atoms with Crippen LogP contribution in [-0.4, -0.2) is 14.7 Å². The van der Waals surface area contributed by atoms with Crippen molar-refractivity contribution in [2.24, 2.45) is 0 Å². The first kappa shape index (κ1) is 7.86. The molecule has 2 rings (SSSR count). The molecule has 1 N–H and O–H groups in total. The summed E-state index contributed by atoms with van der Waals surface area (Å²) in [5.41, 5.74) is 1.87. The van der Waals surface area contributed by atoms with Crippen LogP contribution < -0.4 is 0 Å². The van der Waals surface area contributed by atoms with Crippen LogP contribution in [0.25, 0.3) is 5.69 Å². The van der Waals surface area contributed by atoms with E-state index in [4.69, 9.17) is 0 Å². The number of hydrogen-bond acceptors (Lipinski definition) is 2. The Kier molecular flexibility index (Phi) is 1.77. The average molecular weight is 174 g/mol. The van der Waals surface area contributed by atoms with Gasteiger partial charge in [0, 0.05) is 12.4 Å². The molecule has 3 heteroatoms. The van der Waals surface area contributed by atoms with Crippen molar-refractivity contribution < 1.29 is 5.11 Å². The summed E-state index contributed by atoms with van der Waals surface area (Å²) in [6.07, 6.45) is 5.14. The smallest absolute Gasteiger partial charge is 0.139 e. The maximum Gasteiger partial charge on any atom is 0.139 e. The Morgan fingerprint density at radius 3 is 2.92 bits per heavy atom. The van der Waals surface area contributed by atoms with E-state index >= 15 is 0 Å². The summed E-state index contributed by atoms with van der Waals surface area (Å²) in [6.45, 7) is 1.99. The second kappa shape index (κ2) is 2.94. The van der Waals surface area contributed by atoms with E-state index in [9.17, 15) is 5.11 Å². The number of aryl methyl sites for hydroxylation is 1.